The topological polar surface area (TPSA) is 135 Å². The first-order valence-corrected chi connectivity index (χ1v) is 11.5. The minimum absolute atomic E-state index is 0.00634. The van der Waals surface area contributed by atoms with E-state index < -0.39 is 22.8 Å². The summed E-state index contributed by atoms with van der Waals surface area (Å²) in [6.07, 6.45) is 6.17. The second kappa shape index (κ2) is 9.57. The highest BCUT2D eigenvalue weighted by atomic mass is 32.2. The Morgan fingerprint density at radius 2 is 2.10 bits per heavy atom. The molecule has 0 bridgehead atoms. The Bertz CT molecular complexity index is 1010. The van der Waals surface area contributed by atoms with E-state index in [-0.39, 0.29) is 18.5 Å². The van der Waals surface area contributed by atoms with E-state index in [0.717, 1.165) is 25.7 Å². The van der Waals surface area contributed by atoms with E-state index >= 15 is 0 Å². The van der Waals surface area contributed by atoms with Gasteiger partial charge in [-0.25, -0.2) is 19.4 Å². The van der Waals surface area contributed by atoms with Gasteiger partial charge in [-0.2, -0.15) is 15.2 Å². The predicted octanol–water partition coefficient (Wildman–Crippen LogP) is 2.20. The van der Waals surface area contributed by atoms with Gasteiger partial charge in [-0.15, -0.1) is 0 Å². The van der Waals surface area contributed by atoms with Crippen LogP contribution in [0.4, 0.5) is 10.6 Å². The third kappa shape index (κ3) is 5.89. The van der Waals surface area contributed by atoms with Gasteiger partial charge in [0.25, 0.3) is 0 Å². The Labute approximate surface area is 183 Å². The van der Waals surface area contributed by atoms with Crippen molar-refractivity contribution in [3.63, 3.8) is 0 Å². The van der Waals surface area contributed by atoms with Crippen LogP contribution in [0.15, 0.2) is 6.33 Å². The number of hydrazine groups is 1. The fourth-order valence-corrected chi connectivity index (χ4v) is 3.75. The van der Waals surface area contributed by atoms with Crippen molar-refractivity contribution in [2.75, 3.05) is 17.9 Å². The molecule has 2 heterocycles. The standard InChI is InChI=1S/C19H27N7O4S/c1-19(2,3)30-18(27)24-26(13-7-5-6-8-13)17-15-16(22-14(11-20)23-17)25(12-21-15)9-10-29-31(4)28/h12-13H,5-10H2,1-4H3,(H,24,27). The maximum absolute atomic E-state index is 12.5. The number of nitriles is 1. The maximum atomic E-state index is 12.5. The van der Waals surface area contributed by atoms with E-state index in [1.54, 1.807) is 36.7 Å². The van der Waals surface area contributed by atoms with Crippen molar-refractivity contribution in [3.05, 3.63) is 12.2 Å². The molecule has 1 amide bonds. The van der Waals surface area contributed by atoms with Crippen molar-refractivity contribution >= 4 is 34.2 Å². The number of carbonyl (C=O) groups is 1. The Morgan fingerprint density at radius 3 is 2.71 bits per heavy atom. The molecule has 0 aliphatic heterocycles. The molecule has 31 heavy (non-hydrogen) atoms. The quantitative estimate of drug-likeness (QED) is 0.631. The second-order valence-corrected chi connectivity index (χ2v) is 9.28. The van der Waals surface area contributed by atoms with Gasteiger partial charge in [0.15, 0.2) is 28.1 Å². The highest BCUT2D eigenvalue weighted by Crippen LogP contribution is 2.30. The first kappa shape index (κ1) is 22.9. The van der Waals surface area contributed by atoms with E-state index in [0.29, 0.717) is 23.5 Å². The zero-order chi connectivity index (χ0) is 22.6. The summed E-state index contributed by atoms with van der Waals surface area (Å²) in [4.78, 5) is 25.6. The van der Waals surface area contributed by atoms with E-state index in [9.17, 15) is 14.3 Å². The van der Waals surface area contributed by atoms with Crippen molar-refractivity contribution in [2.45, 2.75) is 64.6 Å². The molecule has 12 heteroatoms. The summed E-state index contributed by atoms with van der Waals surface area (Å²) in [7, 11) is 0. The second-order valence-electron chi connectivity index (χ2n) is 8.24. The summed E-state index contributed by atoms with van der Waals surface area (Å²) in [5.41, 5.74) is 3.01. The van der Waals surface area contributed by atoms with Crippen LogP contribution >= 0.6 is 0 Å². The van der Waals surface area contributed by atoms with E-state index in [4.69, 9.17) is 8.92 Å². The molecule has 1 fully saturated rings. The third-order valence-corrected chi connectivity index (χ3v) is 5.15. The van der Waals surface area contributed by atoms with Crippen LogP contribution in [0, 0.1) is 11.3 Å². The largest absolute Gasteiger partial charge is 0.443 e. The first-order valence-electron chi connectivity index (χ1n) is 10.1. The number of hydrogen-bond donors (Lipinski definition) is 1. The monoisotopic (exact) mass is 449 g/mol. The summed E-state index contributed by atoms with van der Waals surface area (Å²) in [5, 5.41) is 11.1. The number of ether oxygens (including phenoxy) is 1. The van der Waals surface area contributed by atoms with Gasteiger partial charge in [0.1, 0.15) is 11.7 Å². The molecule has 0 saturated heterocycles. The van der Waals surface area contributed by atoms with Crippen molar-refractivity contribution < 1.29 is 17.9 Å². The zero-order valence-electron chi connectivity index (χ0n) is 18.1. The first-order chi connectivity index (χ1) is 14.7. The summed E-state index contributed by atoms with van der Waals surface area (Å²) in [6, 6.07) is 1.97. The molecule has 168 valence electrons. The van der Waals surface area contributed by atoms with Gasteiger partial charge in [-0.3, -0.25) is 9.19 Å². The molecule has 1 unspecified atom stereocenters. The summed E-state index contributed by atoms with van der Waals surface area (Å²) in [5.74, 6) is 0.302. The predicted molar refractivity (Wildman–Crippen MR) is 114 cm³/mol. The number of amides is 1. The van der Waals surface area contributed by atoms with E-state index in [1.807, 2.05) is 6.07 Å². The number of rotatable bonds is 7. The molecule has 0 radical (unpaired) electrons. The Morgan fingerprint density at radius 1 is 1.39 bits per heavy atom. The molecule has 1 atom stereocenters. The van der Waals surface area contributed by atoms with Gasteiger partial charge in [-0.05, 0) is 33.6 Å². The number of imidazole rings is 1. The minimum atomic E-state index is -1.38. The lowest BCUT2D eigenvalue weighted by Gasteiger charge is -2.31. The van der Waals surface area contributed by atoms with Crippen LogP contribution < -0.4 is 10.4 Å². The number of hydrogen-bond acceptors (Lipinski definition) is 9. The number of fused-ring (bicyclic) bond motifs is 1. The van der Waals surface area contributed by atoms with Crippen molar-refractivity contribution in [2.24, 2.45) is 0 Å². The lowest BCUT2D eigenvalue weighted by Crippen LogP contribution is -2.50. The Kier molecular flexibility index (Phi) is 7.07. The summed E-state index contributed by atoms with van der Waals surface area (Å²) < 4.78 is 23.4. The van der Waals surface area contributed by atoms with Gasteiger partial charge >= 0.3 is 6.09 Å². The molecular weight excluding hydrogens is 422 g/mol. The number of anilines is 1. The van der Waals surface area contributed by atoms with E-state index in [2.05, 4.69) is 20.4 Å². The van der Waals surface area contributed by atoms with Gasteiger partial charge in [-0.1, -0.05) is 12.8 Å². The van der Waals surface area contributed by atoms with Crippen LogP contribution in [0.5, 0.6) is 0 Å². The average molecular weight is 450 g/mol. The third-order valence-electron chi connectivity index (χ3n) is 4.66. The number of nitrogens with one attached hydrogen (secondary N) is 1. The molecule has 1 saturated carbocycles. The highest BCUT2D eigenvalue weighted by molar-refractivity contribution is 7.79. The van der Waals surface area contributed by atoms with Gasteiger partial charge in [0.2, 0.25) is 5.82 Å². The smallest absolute Gasteiger partial charge is 0.426 e. The van der Waals surface area contributed by atoms with Crippen LogP contribution in [-0.2, 0) is 26.5 Å². The summed E-state index contributed by atoms with van der Waals surface area (Å²) in [6.45, 7) is 5.90. The zero-order valence-corrected chi connectivity index (χ0v) is 18.9. The molecule has 3 rings (SSSR count). The lowest BCUT2D eigenvalue weighted by molar-refractivity contribution is 0.0514. The van der Waals surface area contributed by atoms with Gasteiger partial charge < -0.3 is 9.30 Å². The van der Waals surface area contributed by atoms with Crippen molar-refractivity contribution in [3.8, 4) is 6.07 Å². The number of carbonyl (C=O) groups excluding carboxylic acids is 1. The molecule has 0 spiro atoms. The average Bonchev–Trinajstić information content (AvgIpc) is 3.34. The molecule has 2 aromatic heterocycles. The summed E-state index contributed by atoms with van der Waals surface area (Å²) >= 11 is -1.38. The Balaban J connectivity index is 1.99. The van der Waals surface area contributed by atoms with Crippen molar-refractivity contribution in [1.29, 1.82) is 5.26 Å². The van der Waals surface area contributed by atoms with Crippen LogP contribution in [0.2, 0.25) is 0 Å². The minimum Gasteiger partial charge on any atom is -0.443 e. The number of nitrogens with zero attached hydrogens (tertiary/aromatic N) is 6. The SMILES string of the molecule is CS(=O)OCCn1cnc2c(N(NC(=O)OC(C)(C)C)C3CCCC3)nc(C#N)nc21. The normalized spacial score (nSPS) is 15.6. The fraction of sp³-hybridized carbons (Fsp3) is 0.632. The van der Waals surface area contributed by atoms with Gasteiger partial charge in [0.05, 0.1) is 25.5 Å². The van der Waals surface area contributed by atoms with Crippen LogP contribution in [-0.4, -0.2) is 54.3 Å². The van der Waals surface area contributed by atoms with Crippen molar-refractivity contribution in [1.82, 2.24) is 24.9 Å². The molecular formula is C19H27N7O4S. The molecule has 1 aliphatic rings. The molecule has 1 N–H and O–H groups in total. The molecule has 0 aromatic carbocycles. The molecule has 2 aromatic rings. The maximum Gasteiger partial charge on any atom is 0.426 e. The molecule has 11 nitrogen and oxygen atoms in total. The Hall–Kier alpha value is -2.78. The molecule has 1 aliphatic carbocycles. The van der Waals surface area contributed by atoms with Gasteiger partial charge in [0, 0.05) is 6.26 Å². The highest BCUT2D eigenvalue weighted by Gasteiger charge is 2.30. The fourth-order valence-electron chi connectivity index (χ4n) is 3.44. The van der Waals surface area contributed by atoms with Crippen LogP contribution in [0.3, 0.4) is 0 Å². The van der Waals surface area contributed by atoms with Crippen LogP contribution in [0.1, 0.15) is 52.3 Å². The lowest BCUT2D eigenvalue weighted by atomic mass is 10.2. The number of aromatic nitrogens is 4. The van der Waals surface area contributed by atoms with E-state index in [1.165, 1.54) is 6.26 Å². The van der Waals surface area contributed by atoms with Crippen LogP contribution in [0.25, 0.3) is 11.2 Å².